The molecule has 4 heteroatoms. The molecule has 3 rings (SSSR count). The highest BCUT2D eigenvalue weighted by molar-refractivity contribution is 7.09. The van der Waals surface area contributed by atoms with Crippen molar-refractivity contribution in [3.8, 4) is 0 Å². The van der Waals surface area contributed by atoms with E-state index in [1.54, 1.807) is 0 Å². The Morgan fingerprint density at radius 1 is 1.56 bits per heavy atom. The summed E-state index contributed by atoms with van der Waals surface area (Å²) in [4.78, 5) is 8.63. The smallest absolute Gasteiger partial charge is 0.0798 e. The number of nitrogens with one attached hydrogen (secondary N) is 1. The van der Waals surface area contributed by atoms with Gasteiger partial charge >= 0.3 is 0 Å². The van der Waals surface area contributed by atoms with Gasteiger partial charge in [0.25, 0.3) is 0 Å². The number of hydrogen-bond donors (Lipinski definition) is 1. The molecule has 0 spiro atoms. The van der Waals surface area contributed by atoms with Crippen molar-refractivity contribution in [1.29, 1.82) is 0 Å². The molecule has 1 N–H and O–H groups in total. The van der Waals surface area contributed by atoms with E-state index in [-0.39, 0.29) is 0 Å². The number of nitrogens with zero attached hydrogens (tertiary/aromatic N) is 2. The van der Waals surface area contributed by atoms with Crippen LogP contribution in [-0.2, 0) is 6.54 Å². The Labute approximate surface area is 101 Å². The van der Waals surface area contributed by atoms with E-state index >= 15 is 0 Å². The Balaban J connectivity index is 1.70. The standard InChI is InChI=1S/C12H19N3S/c1-9-6-13-4-5-15(9)7-11-12(10-2-3-10)14-8-16-11/h8-10,13H,2-7H2,1H3/t9-/m1/s1. The summed E-state index contributed by atoms with van der Waals surface area (Å²) in [6, 6.07) is 0.655. The van der Waals surface area contributed by atoms with Crippen molar-refractivity contribution in [2.45, 2.75) is 38.3 Å². The SMILES string of the molecule is C[C@@H]1CNCCN1Cc1scnc1C1CC1. The average Bonchev–Trinajstić information content (AvgIpc) is 3.03. The zero-order chi connectivity index (χ0) is 11.0. The van der Waals surface area contributed by atoms with Gasteiger partial charge in [0.05, 0.1) is 11.2 Å². The first-order valence-corrected chi connectivity index (χ1v) is 7.09. The maximum atomic E-state index is 4.54. The van der Waals surface area contributed by atoms with Gasteiger partial charge < -0.3 is 5.32 Å². The Bertz CT molecular complexity index is 359. The van der Waals surface area contributed by atoms with Crippen LogP contribution in [0.1, 0.15) is 36.3 Å². The molecular weight excluding hydrogens is 218 g/mol. The number of hydrogen-bond acceptors (Lipinski definition) is 4. The first kappa shape index (κ1) is 10.7. The van der Waals surface area contributed by atoms with Crippen molar-refractivity contribution in [3.63, 3.8) is 0 Å². The van der Waals surface area contributed by atoms with E-state index in [4.69, 9.17) is 0 Å². The maximum Gasteiger partial charge on any atom is 0.0798 e. The third kappa shape index (κ3) is 2.14. The van der Waals surface area contributed by atoms with Crippen LogP contribution >= 0.6 is 11.3 Å². The fraction of sp³-hybridized carbons (Fsp3) is 0.750. The summed E-state index contributed by atoms with van der Waals surface area (Å²) in [6.07, 6.45) is 2.71. The lowest BCUT2D eigenvalue weighted by Crippen LogP contribution is -2.49. The highest BCUT2D eigenvalue weighted by Crippen LogP contribution is 2.42. The van der Waals surface area contributed by atoms with Crippen LogP contribution in [0.2, 0.25) is 0 Å². The molecule has 1 saturated heterocycles. The van der Waals surface area contributed by atoms with Crippen LogP contribution in [0.3, 0.4) is 0 Å². The minimum Gasteiger partial charge on any atom is -0.314 e. The molecule has 0 bridgehead atoms. The lowest BCUT2D eigenvalue weighted by atomic mass is 10.2. The Morgan fingerprint density at radius 3 is 3.19 bits per heavy atom. The molecule has 0 amide bonds. The summed E-state index contributed by atoms with van der Waals surface area (Å²) in [5.74, 6) is 0.791. The minimum absolute atomic E-state index is 0.655. The van der Waals surface area contributed by atoms with Gasteiger partial charge in [-0.15, -0.1) is 11.3 Å². The molecule has 2 fully saturated rings. The summed E-state index contributed by atoms with van der Waals surface area (Å²) in [5.41, 5.74) is 3.42. The van der Waals surface area contributed by atoms with E-state index in [1.807, 2.05) is 16.8 Å². The number of aromatic nitrogens is 1. The molecule has 2 heterocycles. The maximum absolute atomic E-state index is 4.54. The molecule has 1 aromatic rings. The van der Waals surface area contributed by atoms with Gasteiger partial charge in [0.15, 0.2) is 0 Å². The van der Waals surface area contributed by atoms with Gasteiger partial charge in [-0.25, -0.2) is 4.98 Å². The van der Waals surface area contributed by atoms with Crippen LogP contribution in [0, 0.1) is 0 Å². The van der Waals surface area contributed by atoms with Crippen LogP contribution in [-0.4, -0.2) is 35.6 Å². The van der Waals surface area contributed by atoms with Gasteiger partial charge in [0, 0.05) is 43.0 Å². The zero-order valence-electron chi connectivity index (χ0n) is 9.78. The van der Waals surface area contributed by atoms with Crippen LogP contribution in [0.15, 0.2) is 5.51 Å². The molecule has 2 aliphatic rings. The fourth-order valence-electron chi connectivity index (χ4n) is 2.39. The molecule has 0 aromatic carbocycles. The molecule has 1 aromatic heterocycles. The van der Waals surface area contributed by atoms with Gasteiger partial charge in [-0.2, -0.15) is 0 Å². The second-order valence-corrected chi connectivity index (χ2v) is 5.90. The van der Waals surface area contributed by atoms with Crippen molar-refractivity contribution < 1.29 is 0 Å². The lowest BCUT2D eigenvalue weighted by molar-refractivity contribution is 0.166. The molecule has 0 unspecified atom stereocenters. The predicted molar refractivity (Wildman–Crippen MR) is 66.8 cm³/mol. The summed E-state index contributed by atoms with van der Waals surface area (Å²) in [5, 5.41) is 3.44. The van der Waals surface area contributed by atoms with Gasteiger partial charge in [0.1, 0.15) is 0 Å². The Hall–Kier alpha value is -0.450. The first-order chi connectivity index (χ1) is 7.84. The van der Waals surface area contributed by atoms with Gasteiger partial charge in [-0.05, 0) is 19.8 Å². The quantitative estimate of drug-likeness (QED) is 0.869. The van der Waals surface area contributed by atoms with Crippen molar-refractivity contribution in [3.05, 3.63) is 16.1 Å². The highest BCUT2D eigenvalue weighted by atomic mass is 32.1. The van der Waals surface area contributed by atoms with Crippen LogP contribution in [0.25, 0.3) is 0 Å². The summed E-state index contributed by atoms with van der Waals surface area (Å²) < 4.78 is 0. The summed E-state index contributed by atoms with van der Waals surface area (Å²) in [7, 11) is 0. The number of piperazine rings is 1. The van der Waals surface area contributed by atoms with E-state index in [2.05, 4.69) is 22.1 Å². The second-order valence-electron chi connectivity index (χ2n) is 4.96. The predicted octanol–water partition coefficient (Wildman–Crippen LogP) is 1.81. The van der Waals surface area contributed by atoms with Crippen molar-refractivity contribution in [1.82, 2.24) is 15.2 Å². The molecule has 16 heavy (non-hydrogen) atoms. The van der Waals surface area contributed by atoms with Crippen LogP contribution in [0.4, 0.5) is 0 Å². The molecule has 0 radical (unpaired) electrons. The monoisotopic (exact) mass is 237 g/mol. The van der Waals surface area contributed by atoms with E-state index in [9.17, 15) is 0 Å². The second kappa shape index (κ2) is 4.43. The molecule has 88 valence electrons. The largest absolute Gasteiger partial charge is 0.314 e. The third-order valence-corrected chi connectivity index (χ3v) is 4.46. The van der Waals surface area contributed by atoms with Gasteiger partial charge in [-0.1, -0.05) is 0 Å². The fourth-order valence-corrected chi connectivity index (χ4v) is 3.26. The van der Waals surface area contributed by atoms with E-state index in [1.165, 1.54) is 30.0 Å². The molecular formula is C12H19N3S. The summed E-state index contributed by atoms with van der Waals surface area (Å²) in [6.45, 7) is 6.84. The molecule has 1 aliphatic carbocycles. The van der Waals surface area contributed by atoms with Crippen molar-refractivity contribution in [2.75, 3.05) is 19.6 Å². The third-order valence-electron chi connectivity index (χ3n) is 3.62. The molecule has 1 atom stereocenters. The normalized spacial score (nSPS) is 27.2. The summed E-state index contributed by atoms with van der Waals surface area (Å²) >= 11 is 1.84. The minimum atomic E-state index is 0.655. The van der Waals surface area contributed by atoms with Crippen LogP contribution < -0.4 is 5.32 Å². The number of rotatable bonds is 3. The van der Waals surface area contributed by atoms with Crippen molar-refractivity contribution >= 4 is 11.3 Å². The molecule has 1 aliphatic heterocycles. The van der Waals surface area contributed by atoms with Crippen LogP contribution in [0.5, 0.6) is 0 Å². The Morgan fingerprint density at radius 2 is 2.44 bits per heavy atom. The Kier molecular flexibility index (Phi) is 2.96. The number of thiazole rings is 1. The van der Waals surface area contributed by atoms with E-state index < -0.39 is 0 Å². The van der Waals surface area contributed by atoms with E-state index in [0.29, 0.717) is 6.04 Å². The molecule has 1 saturated carbocycles. The van der Waals surface area contributed by atoms with E-state index in [0.717, 1.165) is 25.6 Å². The zero-order valence-corrected chi connectivity index (χ0v) is 10.6. The lowest BCUT2D eigenvalue weighted by Gasteiger charge is -2.33. The van der Waals surface area contributed by atoms with Gasteiger partial charge in [-0.3, -0.25) is 4.90 Å². The highest BCUT2D eigenvalue weighted by Gasteiger charge is 2.29. The average molecular weight is 237 g/mol. The van der Waals surface area contributed by atoms with Crippen molar-refractivity contribution in [2.24, 2.45) is 0 Å². The molecule has 3 nitrogen and oxygen atoms in total. The van der Waals surface area contributed by atoms with Gasteiger partial charge in [0.2, 0.25) is 0 Å². The first-order valence-electron chi connectivity index (χ1n) is 6.21. The topological polar surface area (TPSA) is 28.2 Å².